The molecule has 2 rings (SSSR count). The van der Waals surface area contributed by atoms with Crippen LogP contribution in [0.3, 0.4) is 0 Å². The second-order valence-corrected chi connectivity index (χ2v) is 5.50. The molecule has 23 heavy (non-hydrogen) atoms. The molecule has 0 saturated carbocycles. The topological polar surface area (TPSA) is 59.6 Å². The summed E-state index contributed by atoms with van der Waals surface area (Å²) in [7, 11) is 1.69. The minimum absolute atomic E-state index is 0.438. The summed E-state index contributed by atoms with van der Waals surface area (Å²) in [5.74, 6) is 1.35. The summed E-state index contributed by atoms with van der Waals surface area (Å²) >= 11 is 0. The number of ether oxygens (including phenoxy) is 1. The largest absolute Gasteiger partial charge is 0.496 e. The van der Waals surface area contributed by atoms with Crippen LogP contribution < -0.4 is 15.8 Å². The van der Waals surface area contributed by atoms with E-state index in [0.29, 0.717) is 12.5 Å². The third-order valence-electron chi connectivity index (χ3n) is 3.79. The van der Waals surface area contributed by atoms with Gasteiger partial charge in [-0.05, 0) is 54.7 Å². The number of hydrogen-bond acceptors (Lipinski definition) is 2. The molecular weight excluding hydrogens is 286 g/mol. The number of methoxy groups -OCH3 is 1. The molecule has 4 nitrogen and oxygen atoms in total. The molecule has 0 saturated heterocycles. The monoisotopic (exact) mass is 311 g/mol. The lowest BCUT2D eigenvalue weighted by Crippen LogP contribution is -2.23. The number of nitrogens with two attached hydrogens (primary N) is 1. The lowest BCUT2D eigenvalue weighted by atomic mass is 10.1. The van der Waals surface area contributed by atoms with Gasteiger partial charge >= 0.3 is 0 Å². The number of nitrogens with one attached hydrogen (secondary N) is 1. The van der Waals surface area contributed by atoms with E-state index in [1.165, 1.54) is 11.1 Å². The molecule has 0 fully saturated rings. The molecule has 3 N–H and O–H groups in total. The molecule has 122 valence electrons. The summed E-state index contributed by atoms with van der Waals surface area (Å²) in [6.07, 6.45) is 1.86. The zero-order valence-electron chi connectivity index (χ0n) is 14.1. The maximum atomic E-state index is 5.93. The van der Waals surface area contributed by atoms with E-state index in [-0.39, 0.29) is 0 Å². The molecule has 0 aliphatic heterocycles. The fourth-order valence-corrected chi connectivity index (χ4v) is 2.34. The molecule has 0 bridgehead atoms. The van der Waals surface area contributed by atoms with Crippen LogP contribution in [0.4, 0.5) is 5.69 Å². The maximum absolute atomic E-state index is 5.93. The Bertz CT molecular complexity index is 663. The third kappa shape index (κ3) is 5.02. The Balaban J connectivity index is 1.89. The highest BCUT2D eigenvalue weighted by Gasteiger charge is 2.01. The number of benzene rings is 2. The third-order valence-corrected chi connectivity index (χ3v) is 3.79. The second kappa shape index (κ2) is 8.22. The highest BCUT2D eigenvalue weighted by molar-refractivity contribution is 5.92. The van der Waals surface area contributed by atoms with Crippen LogP contribution in [-0.4, -0.2) is 19.6 Å². The van der Waals surface area contributed by atoms with Gasteiger partial charge in [0.05, 0.1) is 7.11 Å². The van der Waals surface area contributed by atoms with Gasteiger partial charge in [0.15, 0.2) is 5.96 Å². The van der Waals surface area contributed by atoms with Gasteiger partial charge in [-0.15, -0.1) is 0 Å². The van der Waals surface area contributed by atoms with E-state index in [2.05, 4.69) is 47.6 Å². The van der Waals surface area contributed by atoms with Gasteiger partial charge < -0.3 is 15.8 Å². The fraction of sp³-hybridized carbons (Fsp3) is 0.316. The van der Waals surface area contributed by atoms with Gasteiger partial charge in [-0.1, -0.05) is 31.2 Å². The molecule has 0 radical (unpaired) electrons. The Morgan fingerprint density at radius 1 is 1.13 bits per heavy atom. The van der Waals surface area contributed by atoms with Crippen LogP contribution in [0.1, 0.15) is 23.6 Å². The van der Waals surface area contributed by atoms with Crippen LogP contribution in [0.25, 0.3) is 0 Å². The number of nitrogens with zero attached hydrogens (tertiary/aromatic N) is 1. The summed E-state index contributed by atoms with van der Waals surface area (Å²) < 4.78 is 5.34. The lowest BCUT2D eigenvalue weighted by molar-refractivity contribution is 0.411. The van der Waals surface area contributed by atoms with Gasteiger partial charge in [0.1, 0.15) is 5.75 Å². The summed E-state index contributed by atoms with van der Waals surface area (Å²) in [5, 5.41) is 3.11. The quantitative estimate of drug-likeness (QED) is 0.634. The van der Waals surface area contributed by atoms with E-state index in [9.17, 15) is 0 Å². The van der Waals surface area contributed by atoms with Crippen molar-refractivity contribution in [3.63, 3.8) is 0 Å². The number of anilines is 1. The maximum Gasteiger partial charge on any atom is 0.193 e. The summed E-state index contributed by atoms with van der Waals surface area (Å²) in [6.45, 7) is 4.81. The molecule has 0 aliphatic rings. The highest BCUT2D eigenvalue weighted by Crippen LogP contribution is 2.19. The van der Waals surface area contributed by atoms with E-state index in [0.717, 1.165) is 29.8 Å². The van der Waals surface area contributed by atoms with Crippen LogP contribution in [0.2, 0.25) is 0 Å². The summed E-state index contributed by atoms with van der Waals surface area (Å²) in [5.41, 5.74) is 10.5. The molecule has 2 aromatic rings. The van der Waals surface area contributed by atoms with Crippen molar-refractivity contribution in [2.75, 3.05) is 19.0 Å². The van der Waals surface area contributed by atoms with Crippen LogP contribution in [-0.2, 0) is 12.8 Å². The zero-order chi connectivity index (χ0) is 16.7. The molecule has 0 heterocycles. The molecule has 0 amide bonds. The first-order valence-corrected chi connectivity index (χ1v) is 7.91. The first kappa shape index (κ1) is 16.9. The Labute approximate surface area is 138 Å². The number of rotatable bonds is 6. The molecule has 0 spiro atoms. The summed E-state index contributed by atoms with van der Waals surface area (Å²) in [6, 6.07) is 14.4. The SMILES string of the molecule is CCc1ccc(NC(N)=NCCc2ccc(C)c(OC)c2)cc1. The van der Waals surface area contributed by atoms with Crippen molar-refractivity contribution < 1.29 is 4.74 Å². The average molecular weight is 311 g/mol. The molecule has 2 aromatic carbocycles. The smallest absolute Gasteiger partial charge is 0.193 e. The average Bonchev–Trinajstić information content (AvgIpc) is 2.57. The van der Waals surface area contributed by atoms with Crippen molar-refractivity contribution in [3.8, 4) is 5.75 Å². The molecule has 0 aliphatic carbocycles. The van der Waals surface area contributed by atoms with Crippen molar-refractivity contribution in [2.24, 2.45) is 10.7 Å². The van der Waals surface area contributed by atoms with Crippen LogP contribution >= 0.6 is 0 Å². The van der Waals surface area contributed by atoms with E-state index < -0.39 is 0 Å². The number of guanidine groups is 1. The van der Waals surface area contributed by atoms with Gasteiger partial charge in [0, 0.05) is 12.2 Å². The molecular formula is C19H25N3O. The van der Waals surface area contributed by atoms with Gasteiger partial charge in [-0.3, -0.25) is 4.99 Å². The van der Waals surface area contributed by atoms with Crippen molar-refractivity contribution in [3.05, 3.63) is 59.2 Å². The predicted octanol–water partition coefficient (Wildman–Crippen LogP) is 3.54. The first-order valence-electron chi connectivity index (χ1n) is 7.91. The fourth-order valence-electron chi connectivity index (χ4n) is 2.34. The highest BCUT2D eigenvalue weighted by atomic mass is 16.5. The first-order chi connectivity index (χ1) is 11.1. The van der Waals surface area contributed by atoms with Gasteiger partial charge in [0.2, 0.25) is 0 Å². The molecule has 0 unspecified atom stereocenters. The molecule has 4 heteroatoms. The minimum atomic E-state index is 0.438. The van der Waals surface area contributed by atoms with Crippen LogP contribution in [0, 0.1) is 6.92 Å². The number of aliphatic imine (C=N–C) groups is 1. The second-order valence-electron chi connectivity index (χ2n) is 5.50. The predicted molar refractivity (Wildman–Crippen MR) is 97.4 cm³/mol. The zero-order valence-corrected chi connectivity index (χ0v) is 14.1. The summed E-state index contributed by atoms with van der Waals surface area (Å²) in [4.78, 5) is 4.38. The van der Waals surface area contributed by atoms with E-state index in [1.54, 1.807) is 7.11 Å². The van der Waals surface area contributed by atoms with Crippen LogP contribution in [0.15, 0.2) is 47.5 Å². The van der Waals surface area contributed by atoms with Crippen LogP contribution in [0.5, 0.6) is 5.75 Å². The van der Waals surface area contributed by atoms with Gasteiger partial charge in [0.25, 0.3) is 0 Å². The number of hydrogen-bond donors (Lipinski definition) is 2. The standard InChI is InChI=1S/C19H25N3O/c1-4-15-7-9-17(10-8-15)22-19(20)21-12-11-16-6-5-14(2)18(13-16)23-3/h5-10,13H,4,11-12H2,1-3H3,(H3,20,21,22). The Morgan fingerprint density at radius 3 is 2.48 bits per heavy atom. The lowest BCUT2D eigenvalue weighted by Gasteiger charge is -2.08. The number of aryl methyl sites for hydroxylation is 2. The van der Waals surface area contributed by atoms with Crippen molar-refractivity contribution >= 4 is 11.6 Å². The minimum Gasteiger partial charge on any atom is -0.496 e. The van der Waals surface area contributed by atoms with Crippen molar-refractivity contribution in [1.29, 1.82) is 0 Å². The van der Waals surface area contributed by atoms with E-state index >= 15 is 0 Å². The van der Waals surface area contributed by atoms with Crippen molar-refractivity contribution in [1.82, 2.24) is 0 Å². The van der Waals surface area contributed by atoms with Crippen molar-refractivity contribution in [2.45, 2.75) is 26.7 Å². The van der Waals surface area contributed by atoms with Gasteiger partial charge in [-0.25, -0.2) is 0 Å². The Kier molecular flexibility index (Phi) is 6.03. The van der Waals surface area contributed by atoms with E-state index in [1.807, 2.05) is 19.1 Å². The van der Waals surface area contributed by atoms with E-state index in [4.69, 9.17) is 10.5 Å². The molecule has 0 atom stereocenters. The Hall–Kier alpha value is -2.49. The normalized spacial score (nSPS) is 11.3. The Morgan fingerprint density at radius 2 is 1.83 bits per heavy atom. The molecule has 0 aromatic heterocycles. The van der Waals surface area contributed by atoms with Gasteiger partial charge in [-0.2, -0.15) is 0 Å².